The number of rotatable bonds is 9. The molecule has 0 fully saturated rings. The number of anilines is 3. The van der Waals surface area contributed by atoms with Crippen molar-refractivity contribution in [3.05, 3.63) is 283 Å². The molecule has 0 heterocycles. The van der Waals surface area contributed by atoms with Crippen LogP contribution in [0.4, 0.5) is 17.1 Å². The van der Waals surface area contributed by atoms with E-state index in [0.29, 0.717) is 0 Å². The van der Waals surface area contributed by atoms with Crippen LogP contribution in [0.25, 0.3) is 55.6 Å². The highest BCUT2D eigenvalue weighted by Gasteiger charge is 2.46. The molecule has 0 amide bonds. The fourth-order valence-corrected chi connectivity index (χ4v) is 9.72. The summed E-state index contributed by atoms with van der Waals surface area (Å²) in [7, 11) is 0. The normalized spacial score (nSPS) is 12.3. The van der Waals surface area contributed by atoms with Crippen LogP contribution in [0.15, 0.2) is 261 Å². The monoisotopic (exact) mass is 789 g/mol. The van der Waals surface area contributed by atoms with Crippen molar-refractivity contribution < 1.29 is 0 Å². The van der Waals surface area contributed by atoms with Crippen LogP contribution in [0.1, 0.15) is 22.3 Å². The van der Waals surface area contributed by atoms with E-state index in [2.05, 4.69) is 266 Å². The number of fused-ring (bicyclic) bond motifs is 3. The average molecular weight is 790 g/mol. The molecule has 0 aliphatic heterocycles. The molecule has 10 aromatic carbocycles. The standard InChI is InChI=1S/C61H43N/c1-6-19-44(20-7-1)48-25-18-30-53(41-48)62(52-36-33-47(34-37-52)56-32-17-16-31-55(56)46-23-10-3-11-24-46)54-38-40-58-57-39-35-49(45-21-8-2-9-22-45)42-59(57)61(60(58)43-54,50-26-12-4-13-27-50)51-28-14-5-15-29-51/h1-43H. The Bertz CT molecular complexity index is 3100. The third-order valence-electron chi connectivity index (χ3n) is 12.6. The Morgan fingerprint density at radius 1 is 0.226 bits per heavy atom. The highest BCUT2D eigenvalue weighted by atomic mass is 15.1. The Labute approximate surface area is 364 Å². The maximum atomic E-state index is 2.46. The predicted molar refractivity (Wildman–Crippen MR) is 260 cm³/mol. The molecule has 0 aromatic heterocycles. The van der Waals surface area contributed by atoms with E-state index in [1.807, 2.05) is 0 Å². The number of nitrogens with zero attached hydrogens (tertiary/aromatic N) is 1. The van der Waals surface area contributed by atoms with Gasteiger partial charge in [0.2, 0.25) is 0 Å². The second kappa shape index (κ2) is 15.9. The van der Waals surface area contributed by atoms with Gasteiger partial charge in [-0.2, -0.15) is 0 Å². The summed E-state index contributed by atoms with van der Waals surface area (Å²) in [5.74, 6) is 0. The lowest BCUT2D eigenvalue weighted by Gasteiger charge is -2.35. The second-order valence-electron chi connectivity index (χ2n) is 16.0. The van der Waals surface area contributed by atoms with Crippen LogP contribution in [-0.4, -0.2) is 0 Å². The predicted octanol–water partition coefficient (Wildman–Crippen LogP) is 16.2. The molecule has 10 aromatic rings. The first-order chi connectivity index (χ1) is 30.8. The molecule has 1 aliphatic rings. The summed E-state index contributed by atoms with van der Waals surface area (Å²) in [6.07, 6.45) is 0. The zero-order valence-corrected chi connectivity index (χ0v) is 34.3. The van der Waals surface area contributed by atoms with Gasteiger partial charge in [0.1, 0.15) is 0 Å². The second-order valence-corrected chi connectivity index (χ2v) is 16.0. The van der Waals surface area contributed by atoms with Crippen LogP contribution in [0, 0.1) is 0 Å². The molecular weight excluding hydrogens is 747 g/mol. The lowest BCUT2D eigenvalue weighted by atomic mass is 9.67. The van der Waals surface area contributed by atoms with E-state index in [4.69, 9.17) is 0 Å². The van der Waals surface area contributed by atoms with Gasteiger partial charge in [0, 0.05) is 17.1 Å². The smallest absolute Gasteiger partial charge is 0.0714 e. The topological polar surface area (TPSA) is 3.24 Å². The van der Waals surface area contributed by atoms with Crippen LogP contribution in [0.3, 0.4) is 0 Å². The van der Waals surface area contributed by atoms with Gasteiger partial charge < -0.3 is 4.90 Å². The molecular formula is C61H43N. The Morgan fingerprint density at radius 3 is 1.18 bits per heavy atom. The van der Waals surface area contributed by atoms with E-state index >= 15 is 0 Å². The minimum Gasteiger partial charge on any atom is -0.310 e. The Kier molecular flexibility index (Phi) is 9.48. The van der Waals surface area contributed by atoms with E-state index in [9.17, 15) is 0 Å². The number of hydrogen-bond donors (Lipinski definition) is 0. The lowest BCUT2D eigenvalue weighted by molar-refractivity contribution is 0.768. The summed E-state index contributed by atoms with van der Waals surface area (Å²) in [5, 5.41) is 0. The molecule has 62 heavy (non-hydrogen) atoms. The van der Waals surface area contributed by atoms with Crippen molar-refractivity contribution in [3.8, 4) is 55.6 Å². The van der Waals surface area contributed by atoms with Gasteiger partial charge in [0.25, 0.3) is 0 Å². The van der Waals surface area contributed by atoms with Gasteiger partial charge in [-0.05, 0) is 120 Å². The Morgan fingerprint density at radius 2 is 0.613 bits per heavy atom. The third-order valence-corrected chi connectivity index (χ3v) is 12.6. The van der Waals surface area contributed by atoms with Gasteiger partial charge in [-0.1, -0.05) is 218 Å². The van der Waals surface area contributed by atoms with E-state index in [-0.39, 0.29) is 0 Å². The fraction of sp³-hybridized carbons (Fsp3) is 0.0164. The van der Waals surface area contributed by atoms with Crippen molar-refractivity contribution >= 4 is 17.1 Å². The molecule has 0 saturated heterocycles. The van der Waals surface area contributed by atoms with Crippen molar-refractivity contribution in [2.45, 2.75) is 5.41 Å². The summed E-state index contributed by atoms with van der Waals surface area (Å²) < 4.78 is 0. The quantitative estimate of drug-likeness (QED) is 0.141. The van der Waals surface area contributed by atoms with Crippen molar-refractivity contribution in [2.24, 2.45) is 0 Å². The fourth-order valence-electron chi connectivity index (χ4n) is 9.72. The van der Waals surface area contributed by atoms with E-state index in [0.717, 1.165) is 17.1 Å². The molecule has 0 spiro atoms. The molecule has 0 radical (unpaired) electrons. The molecule has 0 N–H and O–H groups in total. The van der Waals surface area contributed by atoms with Crippen molar-refractivity contribution in [1.29, 1.82) is 0 Å². The zero-order valence-electron chi connectivity index (χ0n) is 34.3. The SMILES string of the molecule is c1ccc(-c2cccc(N(c3ccc(-c4ccccc4-c4ccccc4)cc3)c3ccc4c(c3)C(c3ccccc3)(c3ccccc3)c3cc(-c5ccccc5)ccc3-4)c2)cc1. The summed E-state index contributed by atoms with van der Waals surface area (Å²) in [6, 6.07) is 95.3. The molecule has 1 heteroatoms. The molecule has 0 saturated carbocycles. The minimum absolute atomic E-state index is 0.573. The van der Waals surface area contributed by atoms with Crippen LogP contribution < -0.4 is 4.90 Å². The van der Waals surface area contributed by atoms with Gasteiger partial charge in [-0.3, -0.25) is 0 Å². The summed E-state index contributed by atoms with van der Waals surface area (Å²) in [6.45, 7) is 0. The first-order valence-electron chi connectivity index (χ1n) is 21.4. The van der Waals surface area contributed by atoms with E-state index in [1.165, 1.54) is 77.9 Å². The van der Waals surface area contributed by atoms with Gasteiger partial charge in [-0.15, -0.1) is 0 Å². The van der Waals surface area contributed by atoms with Gasteiger partial charge in [0.15, 0.2) is 0 Å². The Hall–Kier alpha value is -8.00. The minimum atomic E-state index is -0.573. The summed E-state index contributed by atoms with van der Waals surface area (Å²) in [4.78, 5) is 2.43. The molecule has 292 valence electrons. The molecule has 0 bridgehead atoms. The first kappa shape index (κ1) is 37.0. The third kappa shape index (κ3) is 6.43. The highest BCUT2D eigenvalue weighted by molar-refractivity contribution is 5.92. The van der Waals surface area contributed by atoms with Crippen molar-refractivity contribution in [1.82, 2.24) is 0 Å². The molecule has 0 unspecified atom stereocenters. The number of hydrogen-bond acceptors (Lipinski definition) is 1. The molecule has 1 aliphatic carbocycles. The van der Waals surface area contributed by atoms with Crippen molar-refractivity contribution in [3.63, 3.8) is 0 Å². The van der Waals surface area contributed by atoms with Crippen LogP contribution in [0.5, 0.6) is 0 Å². The van der Waals surface area contributed by atoms with Crippen molar-refractivity contribution in [2.75, 3.05) is 4.90 Å². The summed E-state index contributed by atoms with van der Waals surface area (Å²) >= 11 is 0. The van der Waals surface area contributed by atoms with E-state index < -0.39 is 5.41 Å². The lowest BCUT2D eigenvalue weighted by Crippen LogP contribution is -2.28. The molecule has 0 atom stereocenters. The van der Waals surface area contributed by atoms with E-state index in [1.54, 1.807) is 0 Å². The average Bonchev–Trinajstić information content (AvgIpc) is 3.65. The maximum Gasteiger partial charge on any atom is 0.0714 e. The zero-order chi connectivity index (χ0) is 41.3. The Balaban J connectivity index is 1.13. The first-order valence-corrected chi connectivity index (χ1v) is 21.4. The van der Waals surface area contributed by atoms with Gasteiger partial charge >= 0.3 is 0 Å². The summed E-state index contributed by atoms with van der Waals surface area (Å²) in [5.41, 5.74) is 19.9. The highest BCUT2D eigenvalue weighted by Crippen LogP contribution is 2.58. The molecule has 1 nitrogen and oxygen atoms in total. The van der Waals surface area contributed by atoms with Gasteiger partial charge in [0.05, 0.1) is 5.41 Å². The largest absolute Gasteiger partial charge is 0.310 e. The van der Waals surface area contributed by atoms with Gasteiger partial charge in [-0.25, -0.2) is 0 Å². The molecule has 11 rings (SSSR count). The van der Waals surface area contributed by atoms with Crippen LogP contribution in [0.2, 0.25) is 0 Å². The van der Waals surface area contributed by atoms with Crippen LogP contribution in [-0.2, 0) is 5.41 Å². The number of benzene rings is 10. The maximum absolute atomic E-state index is 2.46. The van der Waals surface area contributed by atoms with Crippen LogP contribution >= 0.6 is 0 Å².